The average molecular weight is 304 g/mol. The summed E-state index contributed by atoms with van der Waals surface area (Å²) < 4.78 is 5.05. The van der Waals surface area contributed by atoms with Crippen LogP contribution in [0.1, 0.15) is 21.0 Å². The summed E-state index contributed by atoms with van der Waals surface area (Å²) >= 11 is 1.58. The highest BCUT2D eigenvalue weighted by atomic mass is 32.1. The van der Waals surface area contributed by atoms with Crippen molar-refractivity contribution in [3.63, 3.8) is 0 Å². The SMILES string of the molecule is COC(=O)C(CN)(Cc1cnc(C)s1)c1cccc(C)c1. The fourth-order valence-corrected chi connectivity index (χ4v) is 3.40. The number of esters is 1. The van der Waals surface area contributed by atoms with Gasteiger partial charge < -0.3 is 10.5 Å². The molecule has 21 heavy (non-hydrogen) atoms. The second-order valence-electron chi connectivity index (χ2n) is 5.17. The molecule has 0 saturated carbocycles. The Hall–Kier alpha value is -1.72. The van der Waals surface area contributed by atoms with E-state index in [0.717, 1.165) is 21.0 Å². The van der Waals surface area contributed by atoms with Gasteiger partial charge in [-0.1, -0.05) is 29.8 Å². The molecule has 2 rings (SSSR count). The summed E-state index contributed by atoms with van der Waals surface area (Å²) in [5.74, 6) is -0.304. The highest BCUT2D eigenvalue weighted by molar-refractivity contribution is 7.11. The summed E-state index contributed by atoms with van der Waals surface area (Å²) in [6, 6.07) is 7.87. The van der Waals surface area contributed by atoms with Crippen LogP contribution in [0.2, 0.25) is 0 Å². The van der Waals surface area contributed by atoms with Gasteiger partial charge in [0.05, 0.1) is 12.1 Å². The van der Waals surface area contributed by atoms with Crippen molar-refractivity contribution >= 4 is 17.3 Å². The number of benzene rings is 1. The van der Waals surface area contributed by atoms with Crippen molar-refractivity contribution in [2.24, 2.45) is 5.73 Å². The third kappa shape index (κ3) is 3.14. The molecule has 2 N–H and O–H groups in total. The van der Waals surface area contributed by atoms with Crippen LogP contribution >= 0.6 is 11.3 Å². The van der Waals surface area contributed by atoms with Crippen molar-refractivity contribution in [2.75, 3.05) is 13.7 Å². The first-order valence-corrected chi connectivity index (χ1v) is 7.60. The minimum Gasteiger partial charge on any atom is -0.468 e. The van der Waals surface area contributed by atoms with E-state index in [1.54, 1.807) is 11.3 Å². The lowest BCUT2D eigenvalue weighted by Crippen LogP contribution is -2.45. The van der Waals surface area contributed by atoms with Crippen LogP contribution in [0.3, 0.4) is 0 Å². The Labute approximate surface area is 129 Å². The van der Waals surface area contributed by atoms with Gasteiger partial charge in [-0.05, 0) is 19.4 Å². The molecule has 0 amide bonds. The fraction of sp³-hybridized carbons (Fsp3) is 0.375. The van der Waals surface area contributed by atoms with Crippen molar-refractivity contribution in [2.45, 2.75) is 25.7 Å². The number of nitrogens with zero attached hydrogens (tertiary/aromatic N) is 1. The maximum Gasteiger partial charge on any atom is 0.317 e. The molecule has 1 unspecified atom stereocenters. The van der Waals surface area contributed by atoms with E-state index in [-0.39, 0.29) is 12.5 Å². The van der Waals surface area contributed by atoms with Crippen molar-refractivity contribution < 1.29 is 9.53 Å². The Morgan fingerprint density at radius 1 is 1.43 bits per heavy atom. The van der Waals surface area contributed by atoms with Crippen molar-refractivity contribution in [1.82, 2.24) is 4.98 Å². The zero-order valence-electron chi connectivity index (χ0n) is 12.6. The molecule has 1 aromatic carbocycles. The molecule has 0 aliphatic rings. The molecule has 112 valence electrons. The van der Waals surface area contributed by atoms with Gasteiger partial charge in [-0.25, -0.2) is 4.98 Å². The van der Waals surface area contributed by atoms with Crippen LogP contribution < -0.4 is 5.73 Å². The van der Waals surface area contributed by atoms with Gasteiger partial charge in [-0.15, -0.1) is 11.3 Å². The summed E-state index contributed by atoms with van der Waals surface area (Å²) in [5.41, 5.74) is 7.13. The highest BCUT2D eigenvalue weighted by Crippen LogP contribution is 2.31. The monoisotopic (exact) mass is 304 g/mol. The van der Waals surface area contributed by atoms with Gasteiger partial charge in [0.2, 0.25) is 0 Å². The van der Waals surface area contributed by atoms with E-state index in [4.69, 9.17) is 10.5 Å². The molecular weight excluding hydrogens is 284 g/mol. The predicted octanol–water partition coefficient (Wildman–Crippen LogP) is 2.37. The molecule has 0 radical (unpaired) electrons. The molecule has 1 heterocycles. The first-order chi connectivity index (χ1) is 10.0. The molecule has 0 aliphatic carbocycles. The Morgan fingerprint density at radius 3 is 2.71 bits per heavy atom. The Morgan fingerprint density at radius 2 is 2.19 bits per heavy atom. The van der Waals surface area contributed by atoms with Crippen LogP contribution in [-0.4, -0.2) is 24.6 Å². The number of hydrogen-bond donors (Lipinski definition) is 1. The van der Waals surface area contributed by atoms with E-state index in [9.17, 15) is 4.79 Å². The number of hydrogen-bond acceptors (Lipinski definition) is 5. The summed E-state index contributed by atoms with van der Waals surface area (Å²) in [7, 11) is 1.40. The molecule has 2 aromatic rings. The van der Waals surface area contributed by atoms with Crippen LogP contribution in [0.25, 0.3) is 0 Å². The molecule has 0 bridgehead atoms. The lowest BCUT2D eigenvalue weighted by atomic mass is 9.76. The number of carbonyl (C=O) groups excluding carboxylic acids is 1. The Kier molecular flexibility index (Phi) is 4.75. The number of aryl methyl sites for hydroxylation is 2. The largest absolute Gasteiger partial charge is 0.468 e. The highest BCUT2D eigenvalue weighted by Gasteiger charge is 2.41. The number of aromatic nitrogens is 1. The third-order valence-corrected chi connectivity index (χ3v) is 4.55. The molecule has 0 saturated heterocycles. The van der Waals surface area contributed by atoms with Crippen LogP contribution in [0.4, 0.5) is 0 Å². The quantitative estimate of drug-likeness (QED) is 0.861. The number of ether oxygens (including phenoxy) is 1. The molecule has 0 aliphatic heterocycles. The van der Waals surface area contributed by atoms with Crippen molar-refractivity contribution in [1.29, 1.82) is 0 Å². The van der Waals surface area contributed by atoms with Gasteiger partial charge in [0, 0.05) is 24.0 Å². The van der Waals surface area contributed by atoms with E-state index >= 15 is 0 Å². The lowest BCUT2D eigenvalue weighted by Gasteiger charge is -2.30. The van der Waals surface area contributed by atoms with Gasteiger partial charge in [-0.2, -0.15) is 0 Å². The van der Waals surface area contributed by atoms with Crippen LogP contribution in [-0.2, 0) is 21.4 Å². The Balaban J connectivity index is 2.50. The number of rotatable bonds is 5. The van der Waals surface area contributed by atoms with Crippen molar-refractivity contribution in [3.8, 4) is 0 Å². The number of methoxy groups -OCH3 is 1. The van der Waals surface area contributed by atoms with Gasteiger partial charge in [-0.3, -0.25) is 4.79 Å². The van der Waals surface area contributed by atoms with E-state index in [1.807, 2.05) is 44.3 Å². The molecule has 4 nitrogen and oxygen atoms in total. The molecule has 0 fully saturated rings. The fourth-order valence-electron chi connectivity index (χ4n) is 2.49. The number of thiazole rings is 1. The Bertz CT molecular complexity index is 639. The van der Waals surface area contributed by atoms with Crippen LogP contribution in [0.5, 0.6) is 0 Å². The van der Waals surface area contributed by atoms with Crippen molar-refractivity contribution in [3.05, 3.63) is 51.5 Å². The first kappa shape index (κ1) is 15.7. The van der Waals surface area contributed by atoms with Crippen LogP contribution in [0.15, 0.2) is 30.5 Å². The van der Waals surface area contributed by atoms with Gasteiger partial charge >= 0.3 is 5.97 Å². The molecule has 1 aromatic heterocycles. The lowest BCUT2D eigenvalue weighted by molar-refractivity contribution is -0.147. The second kappa shape index (κ2) is 6.37. The maximum absolute atomic E-state index is 12.5. The zero-order chi connectivity index (χ0) is 15.5. The number of carbonyl (C=O) groups is 1. The van der Waals surface area contributed by atoms with Gasteiger partial charge in [0.15, 0.2) is 0 Å². The average Bonchev–Trinajstić information content (AvgIpc) is 2.89. The van der Waals surface area contributed by atoms with Gasteiger partial charge in [0.1, 0.15) is 5.41 Å². The topological polar surface area (TPSA) is 65.2 Å². The summed E-state index contributed by atoms with van der Waals surface area (Å²) in [5, 5.41) is 0.977. The maximum atomic E-state index is 12.5. The molecule has 0 spiro atoms. The predicted molar refractivity (Wildman–Crippen MR) is 84.5 cm³/mol. The smallest absolute Gasteiger partial charge is 0.317 e. The van der Waals surface area contributed by atoms with E-state index in [0.29, 0.717) is 6.42 Å². The number of nitrogens with two attached hydrogens (primary N) is 1. The molecule has 5 heteroatoms. The standard InChI is InChI=1S/C16H20N2O2S/c1-11-5-4-6-13(7-11)16(10-17,15(19)20-3)8-14-9-18-12(2)21-14/h4-7,9H,8,10,17H2,1-3H3. The van der Waals surface area contributed by atoms with E-state index in [2.05, 4.69) is 4.98 Å². The van der Waals surface area contributed by atoms with Gasteiger partial charge in [0.25, 0.3) is 0 Å². The summed E-state index contributed by atoms with van der Waals surface area (Å²) in [6.45, 7) is 4.14. The zero-order valence-corrected chi connectivity index (χ0v) is 13.4. The molecule has 1 atom stereocenters. The minimum atomic E-state index is -0.861. The van der Waals surface area contributed by atoms with Crippen LogP contribution in [0, 0.1) is 13.8 Å². The summed E-state index contributed by atoms with van der Waals surface area (Å²) in [6.07, 6.45) is 2.31. The third-order valence-electron chi connectivity index (χ3n) is 3.64. The first-order valence-electron chi connectivity index (χ1n) is 6.79. The van der Waals surface area contributed by atoms with E-state index in [1.165, 1.54) is 7.11 Å². The minimum absolute atomic E-state index is 0.195. The second-order valence-corrected chi connectivity index (χ2v) is 6.49. The molecular formula is C16H20N2O2S. The normalized spacial score (nSPS) is 13.7. The summed E-state index contributed by atoms with van der Waals surface area (Å²) in [4.78, 5) is 17.8. The van der Waals surface area contributed by atoms with E-state index < -0.39 is 5.41 Å².